The molecule has 0 aliphatic heterocycles. The first kappa shape index (κ1) is 23.6. The van der Waals surface area contributed by atoms with Crippen molar-refractivity contribution in [2.24, 2.45) is 0 Å². The molecule has 1 N–H and O–H groups in total. The third-order valence-electron chi connectivity index (χ3n) is 5.21. The van der Waals surface area contributed by atoms with Gasteiger partial charge in [-0.15, -0.1) is 0 Å². The van der Waals surface area contributed by atoms with Gasteiger partial charge < -0.3 is 9.84 Å². The molecule has 32 heavy (non-hydrogen) atoms. The molecule has 0 saturated carbocycles. The Kier molecular flexibility index (Phi) is 7.40. The molecular formula is C24H28ClN3O4. The van der Waals surface area contributed by atoms with E-state index in [1.54, 1.807) is 22.8 Å². The standard InChI is InChI=1S/C24H28ClN3O4/c1-4-27-21(26-28(23(27)31)16-18-8-5-9-19(25)15-18)10-6-7-17-11-13-20(14-12-17)32-24(2,3)22(29)30/h5,8-9,11-15H,4,6-7,10,16H2,1-3H3,(H,29,30). The SMILES string of the molecule is CCn1c(CCCc2ccc(OC(C)(C)C(=O)O)cc2)nn(Cc2cccc(Cl)c2)c1=O. The van der Waals surface area contributed by atoms with Gasteiger partial charge in [0, 0.05) is 18.0 Å². The Bertz CT molecular complexity index is 1130. The van der Waals surface area contributed by atoms with Crippen LogP contribution < -0.4 is 10.4 Å². The van der Waals surface area contributed by atoms with Gasteiger partial charge in [-0.25, -0.2) is 14.3 Å². The van der Waals surface area contributed by atoms with E-state index < -0.39 is 11.6 Å². The fourth-order valence-corrected chi connectivity index (χ4v) is 3.63. The summed E-state index contributed by atoms with van der Waals surface area (Å²) < 4.78 is 8.73. The molecule has 0 spiro atoms. The van der Waals surface area contributed by atoms with E-state index in [1.165, 1.54) is 18.5 Å². The molecule has 0 fully saturated rings. The number of aryl methyl sites for hydroxylation is 2. The summed E-state index contributed by atoms with van der Waals surface area (Å²) in [5.74, 6) is 0.266. The van der Waals surface area contributed by atoms with Gasteiger partial charge in [-0.2, -0.15) is 5.10 Å². The molecule has 3 rings (SSSR count). The van der Waals surface area contributed by atoms with E-state index in [-0.39, 0.29) is 5.69 Å². The smallest absolute Gasteiger partial charge is 0.347 e. The van der Waals surface area contributed by atoms with E-state index in [1.807, 2.05) is 37.3 Å². The number of aromatic nitrogens is 3. The molecule has 0 radical (unpaired) electrons. The average molecular weight is 458 g/mol. The number of nitrogens with zero attached hydrogens (tertiary/aromatic N) is 3. The van der Waals surface area contributed by atoms with Crippen LogP contribution in [-0.4, -0.2) is 31.0 Å². The van der Waals surface area contributed by atoms with Crippen LogP contribution in [0.2, 0.25) is 5.02 Å². The number of carboxylic acid groups (broad SMARTS) is 1. The Labute approximate surface area is 192 Å². The second-order valence-electron chi connectivity index (χ2n) is 8.15. The fourth-order valence-electron chi connectivity index (χ4n) is 3.41. The van der Waals surface area contributed by atoms with Crippen molar-refractivity contribution in [3.63, 3.8) is 0 Å². The summed E-state index contributed by atoms with van der Waals surface area (Å²) in [6.07, 6.45) is 2.31. The van der Waals surface area contributed by atoms with Gasteiger partial charge >= 0.3 is 11.7 Å². The van der Waals surface area contributed by atoms with Crippen molar-refractivity contribution >= 4 is 17.6 Å². The van der Waals surface area contributed by atoms with Crippen LogP contribution in [0.4, 0.5) is 0 Å². The molecule has 0 atom stereocenters. The second-order valence-corrected chi connectivity index (χ2v) is 8.58. The molecule has 0 bridgehead atoms. The van der Waals surface area contributed by atoms with E-state index in [2.05, 4.69) is 5.10 Å². The van der Waals surface area contributed by atoms with Gasteiger partial charge in [0.05, 0.1) is 6.54 Å². The maximum atomic E-state index is 12.7. The van der Waals surface area contributed by atoms with Crippen LogP contribution in [0, 0.1) is 0 Å². The van der Waals surface area contributed by atoms with Crippen molar-refractivity contribution in [2.45, 2.75) is 58.7 Å². The van der Waals surface area contributed by atoms with Crippen LogP contribution >= 0.6 is 11.6 Å². The molecule has 1 heterocycles. The Morgan fingerprint density at radius 1 is 1.12 bits per heavy atom. The Morgan fingerprint density at radius 2 is 1.84 bits per heavy atom. The van der Waals surface area contributed by atoms with Crippen molar-refractivity contribution in [1.29, 1.82) is 0 Å². The third kappa shape index (κ3) is 5.79. The summed E-state index contributed by atoms with van der Waals surface area (Å²) >= 11 is 6.05. The highest BCUT2D eigenvalue weighted by Crippen LogP contribution is 2.20. The van der Waals surface area contributed by atoms with E-state index in [0.29, 0.717) is 30.3 Å². The van der Waals surface area contributed by atoms with Crippen molar-refractivity contribution in [1.82, 2.24) is 14.3 Å². The minimum Gasteiger partial charge on any atom is -0.478 e. The predicted molar refractivity (Wildman–Crippen MR) is 124 cm³/mol. The third-order valence-corrected chi connectivity index (χ3v) is 5.45. The van der Waals surface area contributed by atoms with Gasteiger partial charge in [0.15, 0.2) is 5.60 Å². The lowest BCUT2D eigenvalue weighted by Gasteiger charge is -2.21. The largest absolute Gasteiger partial charge is 0.478 e. The summed E-state index contributed by atoms with van der Waals surface area (Å²) in [5.41, 5.74) is 0.634. The van der Waals surface area contributed by atoms with Crippen LogP contribution in [0.15, 0.2) is 53.3 Å². The molecule has 170 valence electrons. The monoisotopic (exact) mass is 457 g/mol. The lowest BCUT2D eigenvalue weighted by Crippen LogP contribution is -2.37. The normalized spacial score (nSPS) is 11.5. The molecule has 0 aliphatic carbocycles. The van der Waals surface area contributed by atoms with Gasteiger partial charge in [-0.05, 0) is 69.0 Å². The topological polar surface area (TPSA) is 86.3 Å². The van der Waals surface area contributed by atoms with Crippen molar-refractivity contribution < 1.29 is 14.6 Å². The van der Waals surface area contributed by atoms with E-state index in [0.717, 1.165) is 29.8 Å². The number of benzene rings is 2. The molecule has 1 aromatic heterocycles. The fraction of sp³-hybridized carbons (Fsp3) is 0.375. The Balaban J connectivity index is 1.62. The van der Waals surface area contributed by atoms with Crippen LogP contribution in [0.1, 0.15) is 44.1 Å². The number of hydrogen-bond acceptors (Lipinski definition) is 4. The second kappa shape index (κ2) is 10.0. The molecule has 2 aromatic carbocycles. The molecule has 0 aliphatic rings. The molecule has 0 amide bonds. The van der Waals surface area contributed by atoms with Crippen LogP contribution in [0.5, 0.6) is 5.75 Å². The quantitative estimate of drug-likeness (QED) is 0.493. The highest BCUT2D eigenvalue weighted by Gasteiger charge is 2.29. The minimum atomic E-state index is -1.28. The first-order valence-corrected chi connectivity index (χ1v) is 11.0. The van der Waals surface area contributed by atoms with Crippen molar-refractivity contribution in [3.05, 3.63) is 81.0 Å². The van der Waals surface area contributed by atoms with E-state index in [4.69, 9.17) is 16.3 Å². The van der Waals surface area contributed by atoms with Crippen LogP contribution in [-0.2, 0) is 30.7 Å². The zero-order chi connectivity index (χ0) is 23.3. The molecule has 3 aromatic rings. The summed E-state index contributed by atoms with van der Waals surface area (Å²) in [5, 5.41) is 14.4. The lowest BCUT2D eigenvalue weighted by molar-refractivity contribution is -0.152. The maximum absolute atomic E-state index is 12.7. The molecule has 0 unspecified atom stereocenters. The predicted octanol–water partition coefficient (Wildman–Crippen LogP) is 4.18. The van der Waals surface area contributed by atoms with E-state index in [9.17, 15) is 14.7 Å². The van der Waals surface area contributed by atoms with Crippen molar-refractivity contribution in [2.75, 3.05) is 0 Å². The minimum absolute atomic E-state index is 0.120. The van der Waals surface area contributed by atoms with Crippen LogP contribution in [0.3, 0.4) is 0 Å². The van der Waals surface area contributed by atoms with Gasteiger partial charge in [-0.3, -0.25) is 4.57 Å². The Morgan fingerprint density at radius 3 is 2.47 bits per heavy atom. The first-order chi connectivity index (χ1) is 15.2. The number of aliphatic carboxylic acids is 1. The average Bonchev–Trinajstić information content (AvgIpc) is 3.03. The molecule has 8 heteroatoms. The Hall–Kier alpha value is -3.06. The lowest BCUT2D eigenvalue weighted by atomic mass is 10.1. The van der Waals surface area contributed by atoms with E-state index >= 15 is 0 Å². The van der Waals surface area contributed by atoms with Gasteiger partial charge in [0.1, 0.15) is 11.6 Å². The highest BCUT2D eigenvalue weighted by atomic mass is 35.5. The summed E-state index contributed by atoms with van der Waals surface area (Å²) in [4.78, 5) is 23.9. The van der Waals surface area contributed by atoms with Gasteiger partial charge in [0.25, 0.3) is 0 Å². The summed E-state index contributed by atoms with van der Waals surface area (Å²) in [6, 6.07) is 14.8. The number of rotatable bonds is 10. The zero-order valence-electron chi connectivity index (χ0n) is 18.5. The molecular weight excluding hydrogens is 430 g/mol. The number of ether oxygens (including phenoxy) is 1. The van der Waals surface area contributed by atoms with Gasteiger partial charge in [0.2, 0.25) is 0 Å². The zero-order valence-corrected chi connectivity index (χ0v) is 19.3. The van der Waals surface area contributed by atoms with Crippen molar-refractivity contribution in [3.8, 4) is 5.75 Å². The van der Waals surface area contributed by atoms with Crippen LogP contribution in [0.25, 0.3) is 0 Å². The number of carbonyl (C=O) groups is 1. The maximum Gasteiger partial charge on any atom is 0.347 e. The first-order valence-electron chi connectivity index (χ1n) is 10.6. The number of halogens is 1. The highest BCUT2D eigenvalue weighted by molar-refractivity contribution is 6.30. The van der Waals surface area contributed by atoms with Gasteiger partial charge in [-0.1, -0.05) is 35.9 Å². The number of carboxylic acids is 1. The number of hydrogen-bond donors (Lipinski definition) is 1. The molecule has 0 saturated heterocycles. The summed E-state index contributed by atoms with van der Waals surface area (Å²) in [6.45, 7) is 5.92. The molecule has 7 nitrogen and oxygen atoms in total. The summed E-state index contributed by atoms with van der Waals surface area (Å²) in [7, 11) is 0.